The number of carboxylic acid groups (broad SMARTS) is 1. The SMILES string of the molecule is Cc1ccc(C(=O)O)cc1NC(=O)c1ccc(Br)c(F)c1. The summed E-state index contributed by atoms with van der Waals surface area (Å²) in [5.41, 5.74) is 1.31. The van der Waals surface area contributed by atoms with Crippen LogP contribution >= 0.6 is 15.9 Å². The van der Waals surface area contributed by atoms with Crippen molar-refractivity contribution in [1.29, 1.82) is 0 Å². The van der Waals surface area contributed by atoms with Crippen molar-refractivity contribution in [3.8, 4) is 0 Å². The van der Waals surface area contributed by atoms with Crippen molar-refractivity contribution in [2.24, 2.45) is 0 Å². The van der Waals surface area contributed by atoms with Crippen LogP contribution in [0.3, 0.4) is 0 Å². The van der Waals surface area contributed by atoms with Gasteiger partial charge in [-0.3, -0.25) is 4.79 Å². The van der Waals surface area contributed by atoms with E-state index in [1.165, 1.54) is 24.3 Å². The van der Waals surface area contributed by atoms with Crippen molar-refractivity contribution < 1.29 is 19.1 Å². The molecule has 0 saturated heterocycles. The highest BCUT2D eigenvalue weighted by Gasteiger charge is 2.12. The molecule has 21 heavy (non-hydrogen) atoms. The molecule has 2 N–H and O–H groups in total. The van der Waals surface area contributed by atoms with E-state index in [4.69, 9.17) is 5.11 Å². The highest BCUT2D eigenvalue weighted by atomic mass is 79.9. The molecule has 4 nitrogen and oxygen atoms in total. The average molecular weight is 352 g/mol. The van der Waals surface area contributed by atoms with Gasteiger partial charge < -0.3 is 10.4 Å². The Balaban J connectivity index is 2.28. The quantitative estimate of drug-likeness (QED) is 0.882. The Morgan fingerprint density at radius 3 is 2.43 bits per heavy atom. The Labute approximate surface area is 128 Å². The van der Waals surface area contributed by atoms with Gasteiger partial charge in [0.1, 0.15) is 5.82 Å². The maximum Gasteiger partial charge on any atom is 0.335 e. The summed E-state index contributed by atoms with van der Waals surface area (Å²) in [6.45, 7) is 1.74. The summed E-state index contributed by atoms with van der Waals surface area (Å²) in [5.74, 6) is -2.13. The van der Waals surface area contributed by atoms with Crippen LogP contribution in [-0.4, -0.2) is 17.0 Å². The lowest BCUT2D eigenvalue weighted by Gasteiger charge is -2.09. The van der Waals surface area contributed by atoms with Crippen LogP contribution < -0.4 is 5.32 Å². The van der Waals surface area contributed by atoms with Crippen molar-refractivity contribution in [3.05, 3.63) is 63.4 Å². The first kappa shape index (κ1) is 15.2. The molecular formula is C15H11BrFNO3. The minimum atomic E-state index is -1.08. The van der Waals surface area contributed by atoms with Crippen LogP contribution in [0, 0.1) is 12.7 Å². The van der Waals surface area contributed by atoms with Crippen molar-refractivity contribution in [3.63, 3.8) is 0 Å². The number of carbonyl (C=O) groups is 2. The minimum absolute atomic E-state index is 0.0675. The number of anilines is 1. The van der Waals surface area contributed by atoms with Gasteiger partial charge in [-0.05, 0) is 58.7 Å². The van der Waals surface area contributed by atoms with E-state index in [1.807, 2.05) is 0 Å². The second-order valence-corrected chi connectivity index (χ2v) is 5.27. The highest BCUT2D eigenvalue weighted by Crippen LogP contribution is 2.20. The summed E-state index contributed by atoms with van der Waals surface area (Å²) in [6, 6.07) is 8.43. The minimum Gasteiger partial charge on any atom is -0.478 e. The molecule has 0 bridgehead atoms. The summed E-state index contributed by atoms with van der Waals surface area (Å²) in [5, 5.41) is 11.5. The number of benzene rings is 2. The first-order valence-corrected chi connectivity index (χ1v) is 6.78. The fourth-order valence-electron chi connectivity index (χ4n) is 1.72. The van der Waals surface area contributed by atoms with E-state index in [1.54, 1.807) is 13.0 Å². The molecule has 0 radical (unpaired) electrons. The second-order valence-electron chi connectivity index (χ2n) is 4.42. The van der Waals surface area contributed by atoms with Gasteiger partial charge in [0.05, 0.1) is 10.0 Å². The van der Waals surface area contributed by atoms with E-state index in [2.05, 4.69) is 21.2 Å². The maximum atomic E-state index is 13.4. The molecule has 0 aliphatic heterocycles. The standard InChI is InChI=1S/C15H11BrFNO3/c1-8-2-3-10(15(20)21)7-13(8)18-14(19)9-4-5-11(16)12(17)6-9/h2-7H,1H3,(H,18,19)(H,20,21). The molecule has 0 saturated carbocycles. The molecule has 0 unspecified atom stereocenters. The number of amides is 1. The van der Waals surface area contributed by atoms with Crippen LogP contribution in [0.4, 0.5) is 10.1 Å². The van der Waals surface area contributed by atoms with E-state index in [0.29, 0.717) is 11.3 Å². The summed E-state index contributed by atoms with van der Waals surface area (Å²) in [6.07, 6.45) is 0. The van der Waals surface area contributed by atoms with Gasteiger partial charge in [-0.1, -0.05) is 6.07 Å². The molecule has 6 heteroatoms. The van der Waals surface area contributed by atoms with Crippen molar-refractivity contribution in [2.45, 2.75) is 6.92 Å². The Bertz CT molecular complexity index is 731. The smallest absolute Gasteiger partial charge is 0.335 e. The maximum absolute atomic E-state index is 13.4. The molecular weight excluding hydrogens is 341 g/mol. The molecule has 2 aromatic carbocycles. The van der Waals surface area contributed by atoms with Gasteiger partial charge in [0, 0.05) is 11.3 Å². The number of aromatic carboxylic acids is 1. The summed E-state index contributed by atoms with van der Waals surface area (Å²) in [7, 11) is 0. The molecule has 2 rings (SSSR count). The molecule has 0 fully saturated rings. The van der Waals surface area contributed by atoms with E-state index in [9.17, 15) is 14.0 Å². The molecule has 0 spiro atoms. The van der Waals surface area contributed by atoms with Gasteiger partial charge in [0.15, 0.2) is 0 Å². The van der Waals surface area contributed by atoms with Gasteiger partial charge in [-0.2, -0.15) is 0 Å². The van der Waals surface area contributed by atoms with Crippen molar-refractivity contribution >= 4 is 33.5 Å². The number of halogens is 2. The topological polar surface area (TPSA) is 66.4 Å². The Hall–Kier alpha value is -2.21. The molecule has 0 atom stereocenters. The lowest BCUT2D eigenvalue weighted by Crippen LogP contribution is -2.13. The number of carboxylic acids is 1. The first-order valence-electron chi connectivity index (χ1n) is 5.99. The zero-order valence-corrected chi connectivity index (χ0v) is 12.6. The largest absolute Gasteiger partial charge is 0.478 e. The van der Waals surface area contributed by atoms with Gasteiger partial charge >= 0.3 is 5.97 Å². The van der Waals surface area contributed by atoms with E-state index >= 15 is 0 Å². The molecule has 0 aromatic heterocycles. The molecule has 0 aliphatic rings. The molecule has 2 aromatic rings. The van der Waals surface area contributed by atoms with Crippen LogP contribution in [0.5, 0.6) is 0 Å². The number of hydrogen-bond acceptors (Lipinski definition) is 2. The van der Waals surface area contributed by atoms with Gasteiger partial charge in [-0.15, -0.1) is 0 Å². The molecule has 108 valence electrons. The summed E-state index contributed by atoms with van der Waals surface area (Å²) >= 11 is 3.01. The zero-order chi connectivity index (χ0) is 15.6. The molecule has 0 aliphatic carbocycles. The Morgan fingerprint density at radius 1 is 1.14 bits per heavy atom. The second kappa shape index (κ2) is 6.05. The Kier molecular flexibility index (Phi) is 4.37. The van der Waals surface area contributed by atoms with Gasteiger partial charge in [0.2, 0.25) is 0 Å². The number of rotatable bonds is 3. The zero-order valence-electron chi connectivity index (χ0n) is 11.0. The van der Waals surface area contributed by atoms with Crippen molar-refractivity contribution in [1.82, 2.24) is 0 Å². The first-order chi connectivity index (χ1) is 9.88. The van der Waals surface area contributed by atoms with E-state index < -0.39 is 17.7 Å². The fourth-order valence-corrected chi connectivity index (χ4v) is 1.97. The van der Waals surface area contributed by atoms with Gasteiger partial charge in [-0.25, -0.2) is 9.18 Å². The molecule has 1 amide bonds. The van der Waals surface area contributed by atoms with Crippen LogP contribution in [0.1, 0.15) is 26.3 Å². The summed E-state index contributed by atoms with van der Waals surface area (Å²) in [4.78, 5) is 23.0. The summed E-state index contributed by atoms with van der Waals surface area (Å²) < 4.78 is 13.7. The lowest BCUT2D eigenvalue weighted by atomic mass is 10.1. The van der Waals surface area contributed by atoms with Crippen LogP contribution in [0.15, 0.2) is 40.9 Å². The predicted molar refractivity (Wildman–Crippen MR) is 80.2 cm³/mol. The Morgan fingerprint density at radius 2 is 1.81 bits per heavy atom. The monoisotopic (exact) mass is 351 g/mol. The number of carbonyl (C=O) groups excluding carboxylic acids is 1. The predicted octanol–water partition coefficient (Wildman–Crippen LogP) is 3.85. The lowest BCUT2D eigenvalue weighted by molar-refractivity contribution is 0.0696. The third kappa shape index (κ3) is 3.46. The highest BCUT2D eigenvalue weighted by molar-refractivity contribution is 9.10. The third-order valence-corrected chi connectivity index (χ3v) is 3.56. The third-order valence-electron chi connectivity index (χ3n) is 2.91. The van der Waals surface area contributed by atoms with E-state index in [0.717, 1.165) is 6.07 Å². The number of nitrogens with one attached hydrogen (secondary N) is 1. The van der Waals surface area contributed by atoms with E-state index in [-0.39, 0.29) is 15.6 Å². The fraction of sp³-hybridized carbons (Fsp3) is 0.0667. The van der Waals surface area contributed by atoms with Crippen molar-refractivity contribution in [2.75, 3.05) is 5.32 Å². The van der Waals surface area contributed by atoms with Gasteiger partial charge in [0.25, 0.3) is 5.91 Å². The van der Waals surface area contributed by atoms with Crippen LogP contribution in [0.25, 0.3) is 0 Å². The van der Waals surface area contributed by atoms with Crippen LogP contribution in [-0.2, 0) is 0 Å². The normalized spacial score (nSPS) is 10.2. The molecule has 0 heterocycles. The number of hydrogen-bond donors (Lipinski definition) is 2. The number of aryl methyl sites for hydroxylation is 1. The van der Waals surface area contributed by atoms with Crippen LogP contribution in [0.2, 0.25) is 0 Å². The average Bonchev–Trinajstić information content (AvgIpc) is 2.43.